The van der Waals surface area contributed by atoms with Crippen LogP contribution in [0.4, 0.5) is 0 Å². The first-order valence-corrected chi connectivity index (χ1v) is 5.52. The number of carbonyl (C=O) groups excluding carboxylic acids is 2. The van der Waals surface area contributed by atoms with Crippen molar-refractivity contribution in [2.24, 2.45) is 0 Å². The molecule has 108 valence electrons. The molecule has 0 saturated carbocycles. The summed E-state index contributed by atoms with van der Waals surface area (Å²) < 4.78 is 14.3. The lowest BCUT2D eigenvalue weighted by atomic mass is 9.91. The zero-order valence-electron chi connectivity index (χ0n) is 10.8. The number of rotatable bonds is 3. The highest BCUT2D eigenvalue weighted by molar-refractivity contribution is 5.93. The predicted molar refractivity (Wildman–Crippen MR) is 58.9 cm³/mol. The second-order valence-corrected chi connectivity index (χ2v) is 5.09. The Labute approximate surface area is 109 Å². The number of hydrogen-bond donors (Lipinski definition) is 2. The molecule has 0 radical (unpaired) electrons. The van der Waals surface area contributed by atoms with Crippen LogP contribution in [0.3, 0.4) is 0 Å². The fourth-order valence-corrected chi connectivity index (χ4v) is 1.52. The molecule has 19 heavy (non-hydrogen) atoms. The molecule has 0 aromatic rings. The van der Waals surface area contributed by atoms with Crippen LogP contribution in [-0.4, -0.2) is 52.2 Å². The second kappa shape index (κ2) is 5.14. The minimum absolute atomic E-state index is 0.623. The third-order valence-electron chi connectivity index (χ3n) is 2.34. The summed E-state index contributed by atoms with van der Waals surface area (Å²) in [7, 11) is 0. The Balaban J connectivity index is 3.08. The van der Waals surface area contributed by atoms with Gasteiger partial charge in [-0.25, -0.2) is 9.59 Å². The first-order chi connectivity index (χ1) is 8.58. The topological polar surface area (TPSA) is 119 Å². The summed E-state index contributed by atoms with van der Waals surface area (Å²) in [5, 5.41) is 18.6. The molecule has 0 aromatic heterocycles. The molecule has 2 atom stereocenters. The lowest BCUT2D eigenvalue weighted by Gasteiger charge is -2.37. The van der Waals surface area contributed by atoms with Crippen LogP contribution in [0.2, 0.25) is 0 Å². The van der Waals surface area contributed by atoms with Gasteiger partial charge in [-0.1, -0.05) is 0 Å². The summed E-state index contributed by atoms with van der Waals surface area (Å²) in [6, 6.07) is 0. The van der Waals surface area contributed by atoms with Crippen LogP contribution < -0.4 is 0 Å². The monoisotopic (exact) mass is 276 g/mol. The van der Waals surface area contributed by atoms with Gasteiger partial charge in [-0.2, -0.15) is 0 Å². The van der Waals surface area contributed by atoms with Crippen LogP contribution in [0.5, 0.6) is 0 Å². The highest BCUT2D eigenvalue weighted by Crippen LogP contribution is 2.29. The molecule has 2 N–H and O–H groups in total. The number of carboxylic acid groups (broad SMARTS) is 1. The van der Waals surface area contributed by atoms with E-state index in [0.717, 1.165) is 0 Å². The molecule has 1 saturated heterocycles. The standard InChI is InChI=1S/C11H16O8/c1-10(2,3)19-9(16)11(4-6(12)13)7(14)8(15)17-5-18-11/h7,14H,4-5H2,1-3H3,(H,12,13). The second-order valence-electron chi connectivity index (χ2n) is 5.09. The summed E-state index contributed by atoms with van der Waals surface area (Å²) in [5.41, 5.74) is -3.21. The van der Waals surface area contributed by atoms with Gasteiger partial charge in [-0.3, -0.25) is 4.79 Å². The van der Waals surface area contributed by atoms with Gasteiger partial charge in [-0.15, -0.1) is 0 Å². The van der Waals surface area contributed by atoms with Gasteiger partial charge >= 0.3 is 17.9 Å². The summed E-state index contributed by atoms with van der Waals surface area (Å²) in [6.45, 7) is 4.06. The molecular formula is C11H16O8. The van der Waals surface area contributed by atoms with Crippen LogP contribution in [0.25, 0.3) is 0 Å². The summed E-state index contributed by atoms with van der Waals surface area (Å²) in [5.74, 6) is -3.66. The normalized spacial score (nSPS) is 27.6. The van der Waals surface area contributed by atoms with E-state index in [9.17, 15) is 19.5 Å². The number of esters is 2. The van der Waals surface area contributed by atoms with E-state index in [0.29, 0.717) is 0 Å². The smallest absolute Gasteiger partial charge is 0.343 e. The van der Waals surface area contributed by atoms with E-state index in [1.165, 1.54) is 0 Å². The van der Waals surface area contributed by atoms with Crippen molar-refractivity contribution in [1.29, 1.82) is 0 Å². The van der Waals surface area contributed by atoms with Crippen LogP contribution in [0.15, 0.2) is 0 Å². The summed E-state index contributed by atoms with van der Waals surface area (Å²) in [4.78, 5) is 34.2. The molecule has 1 fully saturated rings. The maximum absolute atomic E-state index is 12.0. The van der Waals surface area contributed by atoms with Gasteiger partial charge < -0.3 is 24.4 Å². The Bertz CT molecular complexity index is 396. The van der Waals surface area contributed by atoms with Crippen molar-refractivity contribution < 1.29 is 38.8 Å². The predicted octanol–water partition coefficient (Wildman–Crippen LogP) is -0.567. The van der Waals surface area contributed by atoms with Crippen molar-refractivity contribution >= 4 is 17.9 Å². The first-order valence-electron chi connectivity index (χ1n) is 5.52. The molecule has 1 aliphatic heterocycles. The van der Waals surface area contributed by atoms with Crippen molar-refractivity contribution in [3.8, 4) is 0 Å². The lowest BCUT2D eigenvalue weighted by Crippen LogP contribution is -2.61. The Morgan fingerprint density at radius 2 is 2.05 bits per heavy atom. The van der Waals surface area contributed by atoms with Crippen molar-refractivity contribution in [2.75, 3.05) is 6.79 Å². The van der Waals surface area contributed by atoms with E-state index >= 15 is 0 Å². The zero-order valence-corrected chi connectivity index (χ0v) is 10.8. The van der Waals surface area contributed by atoms with Gasteiger partial charge in [0.2, 0.25) is 5.60 Å². The van der Waals surface area contributed by atoms with E-state index < -0.39 is 48.4 Å². The number of carbonyl (C=O) groups is 3. The molecule has 0 spiro atoms. The maximum atomic E-state index is 12.0. The van der Waals surface area contributed by atoms with Gasteiger partial charge in [0.15, 0.2) is 12.9 Å². The van der Waals surface area contributed by atoms with Crippen molar-refractivity contribution in [1.82, 2.24) is 0 Å². The molecule has 0 bridgehead atoms. The molecule has 1 rings (SSSR count). The van der Waals surface area contributed by atoms with E-state index in [-0.39, 0.29) is 0 Å². The number of ether oxygens (including phenoxy) is 3. The number of hydrogen-bond acceptors (Lipinski definition) is 7. The Kier molecular flexibility index (Phi) is 4.16. The van der Waals surface area contributed by atoms with Gasteiger partial charge in [0.05, 0.1) is 6.42 Å². The molecule has 1 aliphatic rings. The van der Waals surface area contributed by atoms with Crippen molar-refractivity contribution in [3.63, 3.8) is 0 Å². The van der Waals surface area contributed by atoms with Gasteiger partial charge in [0.1, 0.15) is 5.60 Å². The van der Waals surface area contributed by atoms with Crippen LogP contribution in [0, 0.1) is 0 Å². The van der Waals surface area contributed by atoms with Crippen LogP contribution in [-0.2, 0) is 28.6 Å². The van der Waals surface area contributed by atoms with Crippen LogP contribution >= 0.6 is 0 Å². The van der Waals surface area contributed by atoms with E-state index in [1.807, 2.05) is 0 Å². The lowest BCUT2D eigenvalue weighted by molar-refractivity contribution is -0.250. The van der Waals surface area contributed by atoms with Gasteiger partial charge in [0, 0.05) is 0 Å². The first kappa shape index (κ1) is 15.4. The maximum Gasteiger partial charge on any atom is 0.343 e. The summed E-state index contributed by atoms with van der Waals surface area (Å²) >= 11 is 0. The molecule has 0 aromatic carbocycles. The SMILES string of the molecule is CC(C)(C)OC(=O)C1(CC(=O)O)OCOC(=O)C1O. The molecule has 0 amide bonds. The number of aliphatic carboxylic acids is 1. The van der Waals surface area contributed by atoms with Gasteiger partial charge in [0.25, 0.3) is 0 Å². The van der Waals surface area contributed by atoms with Crippen molar-refractivity contribution in [3.05, 3.63) is 0 Å². The minimum Gasteiger partial charge on any atom is -0.481 e. The number of aliphatic hydroxyl groups excluding tert-OH is 1. The molecule has 1 heterocycles. The average molecular weight is 276 g/mol. The van der Waals surface area contributed by atoms with E-state index in [4.69, 9.17) is 14.6 Å². The van der Waals surface area contributed by atoms with Crippen LogP contribution in [0.1, 0.15) is 27.2 Å². The molecular weight excluding hydrogens is 260 g/mol. The fourth-order valence-electron chi connectivity index (χ4n) is 1.52. The third-order valence-corrected chi connectivity index (χ3v) is 2.34. The highest BCUT2D eigenvalue weighted by atomic mass is 16.7. The highest BCUT2D eigenvalue weighted by Gasteiger charge is 2.57. The largest absolute Gasteiger partial charge is 0.481 e. The number of carboxylic acids is 1. The van der Waals surface area contributed by atoms with Gasteiger partial charge in [-0.05, 0) is 20.8 Å². The molecule has 2 unspecified atom stereocenters. The minimum atomic E-state index is -2.28. The average Bonchev–Trinajstić information content (AvgIpc) is 2.21. The molecule has 8 nitrogen and oxygen atoms in total. The Morgan fingerprint density at radius 3 is 2.53 bits per heavy atom. The Morgan fingerprint density at radius 1 is 1.47 bits per heavy atom. The van der Waals surface area contributed by atoms with E-state index in [1.54, 1.807) is 20.8 Å². The Hall–Kier alpha value is -1.67. The van der Waals surface area contributed by atoms with E-state index in [2.05, 4.69) is 4.74 Å². The zero-order chi connectivity index (χ0) is 14.8. The quantitative estimate of drug-likeness (QED) is 0.658. The summed E-state index contributed by atoms with van der Waals surface area (Å²) in [6.07, 6.45) is -2.95. The number of aliphatic hydroxyl groups is 1. The van der Waals surface area contributed by atoms with Crippen molar-refractivity contribution in [2.45, 2.75) is 44.5 Å². The third kappa shape index (κ3) is 3.42. The molecule has 8 heteroatoms. The molecule has 0 aliphatic carbocycles. The number of cyclic esters (lactones) is 1. The fraction of sp³-hybridized carbons (Fsp3) is 0.727.